The maximum atomic E-state index is 11.7. The Kier molecular flexibility index (Phi) is 1.99. The van der Waals surface area contributed by atoms with Gasteiger partial charge in [0, 0.05) is 0 Å². The van der Waals surface area contributed by atoms with E-state index in [1.54, 1.807) is 6.92 Å². The van der Waals surface area contributed by atoms with Crippen LogP contribution in [-0.4, -0.2) is 13.7 Å². The lowest BCUT2D eigenvalue weighted by molar-refractivity contribution is 0.525. The topological polar surface area (TPSA) is 66.0 Å². The van der Waals surface area contributed by atoms with E-state index in [0.717, 1.165) is 13.7 Å². The third kappa shape index (κ3) is 1.14. The highest BCUT2D eigenvalue weighted by Gasteiger charge is 2.25. The number of hydrogen-bond donors (Lipinski definition) is 0. The Hall–Kier alpha value is -1.85. The molecule has 0 radical (unpaired) electrons. The maximum Gasteiger partial charge on any atom is 0.336 e. The van der Waals surface area contributed by atoms with Crippen molar-refractivity contribution in [2.24, 2.45) is 0 Å². The molecule has 0 saturated carbocycles. The average molecular weight is 209 g/mol. The third-order valence-corrected chi connectivity index (χ3v) is 2.54. The number of rotatable bonds is 2. The first-order chi connectivity index (χ1) is 7.07. The first-order valence-corrected chi connectivity index (χ1v) is 4.65. The Balaban J connectivity index is 2.89. The van der Waals surface area contributed by atoms with Gasteiger partial charge in [0.05, 0.1) is 19.1 Å². The van der Waals surface area contributed by atoms with E-state index >= 15 is 0 Å². The van der Waals surface area contributed by atoms with Crippen molar-refractivity contribution >= 4 is 0 Å². The first kappa shape index (κ1) is 9.70. The molecule has 0 N–H and O–H groups in total. The second-order valence-electron chi connectivity index (χ2n) is 3.58. The highest BCUT2D eigenvalue weighted by atomic mass is 16.2. The van der Waals surface area contributed by atoms with E-state index in [1.165, 1.54) is 6.08 Å². The van der Waals surface area contributed by atoms with Crippen LogP contribution < -0.4 is 17.1 Å². The second-order valence-corrected chi connectivity index (χ2v) is 3.58. The summed E-state index contributed by atoms with van der Waals surface area (Å²) in [6.07, 6.45) is 1.46. The minimum Gasteiger partial charge on any atom is -0.247 e. The first-order valence-electron chi connectivity index (χ1n) is 4.65. The quantitative estimate of drug-likeness (QED) is 0.583. The molecule has 1 aliphatic rings. The van der Waals surface area contributed by atoms with Crippen LogP contribution in [0.15, 0.2) is 27.0 Å². The van der Waals surface area contributed by atoms with Crippen molar-refractivity contribution in [3.63, 3.8) is 0 Å². The Labute approximate surface area is 84.7 Å². The molecule has 2 bridgehead atoms. The zero-order valence-electron chi connectivity index (χ0n) is 8.34. The Morgan fingerprint density at radius 3 is 2.60 bits per heavy atom. The van der Waals surface area contributed by atoms with E-state index in [2.05, 4.69) is 6.58 Å². The molecule has 0 aromatic carbocycles. The molecule has 2 rings (SSSR count). The number of aromatic nitrogens is 3. The third-order valence-electron chi connectivity index (χ3n) is 2.54. The fourth-order valence-electron chi connectivity index (χ4n) is 1.82. The molecule has 0 amide bonds. The summed E-state index contributed by atoms with van der Waals surface area (Å²) in [4.78, 5) is 34.9. The summed E-state index contributed by atoms with van der Waals surface area (Å²) in [5.41, 5.74) is -1.62. The van der Waals surface area contributed by atoms with Gasteiger partial charge in [0.2, 0.25) is 0 Å². The molecule has 2 heterocycles. The molecular formula is C9H11N3O3. The molecule has 0 aliphatic carbocycles. The van der Waals surface area contributed by atoms with Crippen LogP contribution in [0.2, 0.25) is 0 Å². The molecule has 1 aliphatic heterocycles. The molecule has 0 spiro atoms. The van der Waals surface area contributed by atoms with Crippen LogP contribution in [0, 0.1) is 0 Å². The van der Waals surface area contributed by atoms with Gasteiger partial charge in [-0.2, -0.15) is 0 Å². The summed E-state index contributed by atoms with van der Waals surface area (Å²) in [5, 5.41) is 0. The van der Waals surface area contributed by atoms with Gasteiger partial charge >= 0.3 is 17.1 Å². The standard InChI is InChI=1S/C9H11N3O3/c1-3-4-10-7(13)11-5-6(2)12(8(10)14)9(11)15/h3,6H,1,4-5H2,2H3. The lowest BCUT2D eigenvalue weighted by atomic mass is 10.4. The molecule has 6 heteroatoms. The largest absolute Gasteiger partial charge is 0.336 e. The monoisotopic (exact) mass is 209 g/mol. The molecule has 0 fully saturated rings. The van der Waals surface area contributed by atoms with Gasteiger partial charge < -0.3 is 0 Å². The second kappa shape index (κ2) is 3.08. The zero-order valence-corrected chi connectivity index (χ0v) is 8.34. The fourth-order valence-corrected chi connectivity index (χ4v) is 1.82. The number of allylic oxidation sites excluding steroid dienone is 1. The summed E-state index contributed by atoms with van der Waals surface area (Å²) in [6, 6.07) is -0.247. The van der Waals surface area contributed by atoms with Crippen molar-refractivity contribution in [1.29, 1.82) is 0 Å². The van der Waals surface area contributed by atoms with Crippen LogP contribution in [0.3, 0.4) is 0 Å². The van der Waals surface area contributed by atoms with Crippen LogP contribution in [-0.2, 0) is 13.1 Å². The SMILES string of the molecule is C=CCn1c(=O)n2c(=O)n(c1=O)C(C)C2. The highest BCUT2D eigenvalue weighted by molar-refractivity contribution is 4.89. The van der Waals surface area contributed by atoms with Crippen molar-refractivity contribution < 1.29 is 0 Å². The Morgan fingerprint density at radius 2 is 2.00 bits per heavy atom. The summed E-state index contributed by atoms with van der Waals surface area (Å²) >= 11 is 0. The van der Waals surface area contributed by atoms with E-state index in [9.17, 15) is 14.4 Å². The Morgan fingerprint density at radius 1 is 1.33 bits per heavy atom. The van der Waals surface area contributed by atoms with Crippen molar-refractivity contribution in [1.82, 2.24) is 13.7 Å². The zero-order chi connectivity index (χ0) is 11.2. The molecule has 1 unspecified atom stereocenters. The maximum absolute atomic E-state index is 11.7. The van der Waals surface area contributed by atoms with Gasteiger partial charge in [-0.1, -0.05) is 6.08 Å². The van der Waals surface area contributed by atoms with Crippen molar-refractivity contribution in [3.8, 4) is 0 Å². The fraction of sp³-hybridized carbons (Fsp3) is 0.444. The lowest BCUT2D eigenvalue weighted by Crippen LogP contribution is -2.49. The minimum atomic E-state index is -0.550. The van der Waals surface area contributed by atoms with E-state index in [0.29, 0.717) is 0 Å². The van der Waals surface area contributed by atoms with Crippen LogP contribution in [0.5, 0.6) is 0 Å². The lowest BCUT2D eigenvalue weighted by Gasteiger charge is -2.03. The van der Waals surface area contributed by atoms with Gasteiger partial charge in [0.15, 0.2) is 0 Å². The number of hydrogen-bond acceptors (Lipinski definition) is 3. The molecule has 1 aromatic heterocycles. The van der Waals surface area contributed by atoms with Gasteiger partial charge in [-0.05, 0) is 6.92 Å². The van der Waals surface area contributed by atoms with Gasteiger partial charge in [-0.15, -0.1) is 6.58 Å². The summed E-state index contributed by atoms with van der Waals surface area (Å²) in [6.45, 7) is 5.61. The van der Waals surface area contributed by atoms with Crippen LogP contribution in [0.1, 0.15) is 13.0 Å². The smallest absolute Gasteiger partial charge is 0.247 e. The predicted octanol–water partition coefficient (Wildman–Crippen LogP) is -1.07. The van der Waals surface area contributed by atoms with Gasteiger partial charge in [-0.25, -0.2) is 28.1 Å². The predicted molar refractivity (Wildman–Crippen MR) is 54.1 cm³/mol. The molecule has 6 nitrogen and oxygen atoms in total. The summed E-state index contributed by atoms with van der Waals surface area (Å²) in [5.74, 6) is 0. The normalized spacial score (nSPS) is 18.1. The number of nitrogens with zero attached hydrogens (tertiary/aromatic N) is 3. The molecule has 0 saturated heterocycles. The summed E-state index contributed by atoms with van der Waals surface area (Å²) < 4.78 is 3.19. The average Bonchev–Trinajstić information content (AvgIpc) is 2.43. The molecule has 15 heavy (non-hydrogen) atoms. The van der Waals surface area contributed by atoms with Gasteiger partial charge in [0.25, 0.3) is 0 Å². The molecular weight excluding hydrogens is 198 g/mol. The van der Waals surface area contributed by atoms with Gasteiger partial charge in [0.1, 0.15) is 0 Å². The van der Waals surface area contributed by atoms with Crippen LogP contribution in [0.25, 0.3) is 0 Å². The minimum absolute atomic E-state index is 0.130. The molecule has 1 atom stereocenters. The van der Waals surface area contributed by atoms with E-state index < -0.39 is 17.1 Å². The van der Waals surface area contributed by atoms with E-state index in [4.69, 9.17) is 0 Å². The van der Waals surface area contributed by atoms with Crippen LogP contribution in [0.4, 0.5) is 0 Å². The highest BCUT2D eigenvalue weighted by Crippen LogP contribution is 2.04. The van der Waals surface area contributed by atoms with Gasteiger partial charge in [-0.3, -0.25) is 0 Å². The van der Waals surface area contributed by atoms with E-state index in [-0.39, 0.29) is 19.1 Å². The van der Waals surface area contributed by atoms with Crippen molar-refractivity contribution in [2.45, 2.75) is 26.1 Å². The Bertz CT molecular complexity index is 590. The van der Waals surface area contributed by atoms with Crippen molar-refractivity contribution in [3.05, 3.63) is 44.1 Å². The van der Waals surface area contributed by atoms with E-state index in [1.807, 2.05) is 0 Å². The summed E-state index contributed by atoms with van der Waals surface area (Å²) in [7, 11) is 0. The molecule has 80 valence electrons. The van der Waals surface area contributed by atoms with Crippen molar-refractivity contribution in [2.75, 3.05) is 0 Å². The van der Waals surface area contributed by atoms with Crippen LogP contribution >= 0.6 is 0 Å². The molecule has 1 aromatic rings. The number of fused-ring (bicyclic) bond motifs is 2.